The highest BCUT2D eigenvalue weighted by Crippen LogP contribution is 2.61. The summed E-state index contributed by atoms with van der Waals surface area (Å²) < 4.78 is 0. The Bertz CT molecular complexity index is 467. The number of nitrogens with zero attached hydrogens (tertiary/aromatic N) is 1. The number of fused-ring (bicyclic) bond motifs is 1. The molecule has 0 amide bonds. The summed E-state index contributed by atoms with van der Waals surface area (Å²) in [5, 5.41) is 11.2. The molecule has 0 spiro atoms. The Balaban J connectivity index is 1.85. The van der Waals surface area contributed by atoms with Crippen molar-refractivity contribution >= 4 is 11.6 Å². The zero-order chi connectivity index (χ0) is 11.3. The summed E-state index contributed by atoms with van der Waals surface area (Å²) in [6.07, 6.45) is 1.43. The summed E-state index contributed by atoms with van der Waals surface area (Å²) in [6.45, 7) is 7.01. The predicted molar refractivity (Wildman–Crippen MR) is 62.0 cm³/mol. The smallest absolute Gasteiger partial charge is 0.230 e. The second kappa shape index (κ2) is 3.23. The Labute approximate surface area is 99.7 Å². The second-order valence-corrected chi connectivity index (χ2v) is 5.33. The molecule has 0 heterocycles. The minimum Gasteiger partial charge on any atom is -0.385 e. The van der Waals surface area contributed by atoms with Crippen molar-refractivity contribution in [1.82, 2.24) is 0 Å². The summed E-state index contributed by atoms with van der Waals surface area (Å²) in [7, 11) is 0. The van der Waals surface area contributed by atoms with Gasteiger partial charge in [-0.25, -0.2) is 6.57 Å². The fraction of sp³-hybridized carbons (Fsp3) is 0.462. The molecule has 0 aliphatic heterocycles. The van der Waals surface area contributed by atoms with E-state index in [1.54, 1.807) is 0 Å². The molecule has 3 heteroatoms. The fourth-order valence-corrected chi connectivity index (χ4v) is 3.23. The van der Waals surface area contributed by atoms with Crippen molar-refractivity contribution in [2.45, 2.75) is 24.5 Å². The number of halogens is 1. The Hall–Kier alpha value is -1.04. The lowest BCUT2D eigenvalue weighted by atomic mass is 9.88. The summed E-state index contributed by atoms with van der Waals surface area (Å²) in [4.78, 5) is 3.57. The van der Waals surface area contributed by atoms with Crippen molar-refractivity contribution in [2.75, 3.05) is 0 Å². The van der Waals surface area contributed by atoms with Crippen molar-refractivity contribution in [3.63, 3.8) is 0 Å². The Kier molecular flexibility index (Phi) is 2.04. The SMILES string of the molecule is [C-]#[N+]C1[C@H]2CC(O)(c3cccc(Cl)c3)C[C@@H]12. The van der Waals surface area contributed by atoms with Crippen LogP contribution in [0.1, 0.15) is 18.4 Å². The zero-order valence-corrected chi connectivity index (χ0v) is 9.48. The monoisotopic (exact) mass is 233 g/mol. The summed E-state index contributed by atoms with van der Waals surface area (Å²) in [5.74, 6) is 0.808. The molecule has 1 aromatic rings. The van der Waals surface area contributed by atoms with Gasteiger partial charge < -0.3 is 9.95 Å². The van der Waals surface area contributed by atoms with Gasteiger partial charge in [0.2, 0.25) is 6.04 Å². The molecule has 2 saturated carbocycles. The van der Waals surface area contributed by atoms with E-state index in [2.05, 4.69) is 4.85 Å². The normalized spacial score (nSPS) is 40.2. The van der Waals surface area contributed by atoms with Gasteiger partial charge in [0.15, 0.2) is 0 Å². The van der Waals surface area contributed by atoms with E-state index in [1.165, 1.54) is 0 Å². The lowest BCUT2D eigenvalue weighted by Crippen LogP contribution is -2.24. The highest BCUT2D eigenvalue weighted by molar-refractivity contribution is 6.30. The minimum atomic E-state index is -0.749. The van der Waals surface area contributed by atoms with E-state index in [0.717, 1.165) is 5.56 Å². The Morgan fingerprint density at radius 1 is 1.38 bits per heavy atom. The van der Waals surface area contributed by atoms with E-state index < -0.39 is 5.60 Å². The summed E-state index contributed by atoms with van der Waals surface area (Å²) in [5.41, 5.74) is 0.150. The third-order valence-corrected chi connectivity index (χ3v) is 4.18. The molecule has 2 unspecified atom stereocenters. The lowest BCUT2D eigenvalue weighted by Gasteiger charge is -2.25. The first kappa shape index (κ1) is 10.1. The molecule has 4 atom stereocenters. The van der Waals surface area contributed by atoms with Crippen molar-refractivity contribution < 1.29 is 5.11 Å². The van der Waals surface area contributed by atoms with E-state index in [9.17, 15) is 5.11 Å². The third kappa shape index (κ3) is 1.36. The van der Waals surface area contributed by atoms with Crippen LogP contribution in [0.15, 0.2) is 24.3 Å². The highest BCUT2D eigenvalue weighted by atomic mass is 35.5. The van der Waals surface area contributed by atoms with Gasteiger partial charge in [-0.1, -0.05) is 23.7 Å². The molecular formula is C13H12ClNO. The number of rotatable bonds is 1. The van der Waals surface area contributed by atoms with Crippen LogP contribution in [-0.4, -0.2) is 11.1 Å². The van der Waals surface area contributed by atoms with Crippen LogP contribution in [0.5, 0.6) is 0 Å². The van der Waals surface area contributed by atoms with Crippen molar-refractivity contribution in [3.05, 3.63) is 46.3 Å². The number of benzene rings is 1. The maximum absolute atomic E-state index is 10.5. The van der Waals surface area contributed by atoms with Gasteiger partial charge in [0.25, 0.3) is 0 Å². The van der Waals surface area contributed by atoms with Crippen molar-refractivity contribution in [3.8, 4) is 0 Å². The van der Waals surface area contributed by atoms with Gasteiger partial charge in [-0.05, 0) is 30.5 Å². The average molecular weight is 234 g/mol. The standard InChI is InChI=1S/C13H12ClNO/c1-15-12-10-6-13(16,7-11(10)12)8-3-2-4-9(14)5-8/h2-5,10-12,16H,6-7H2/t10-,11+,12?,13?. The molecule has 0 radical (unpaired) electrons. The van der Waals surface area contributed by atoms with Gasteiger partial charge in [0.1, 0.15) is 0 Å². The maximum atomic E-state index is 10.5. The van der Waals surface area contributed by atoms with Gasteiger partial charge in [0.05, 0.1) is 5.60 Å². The quantitative estimate of drug-likeness (QED) is 0.742. The topological polar surface area (TPSA) is 24.6 Å². The molecule has 16 heavy (non-hydrogen) atoms. The highest BCUT2D eigenvalue weighted by Gasteiger charge is 2.67. The van der Waals surface area contributed by atoms with E-state index >= 15 is 0 Å². The fourth-order valence-electron chi connectivity index (χ4n) is 3.04. The third-order valence-electron chi connectivity index (χ3n) is 3.94. The minimum absolute atomic E-state index is 0.166. The van der Waals surface area contributed by atoms with Crippen LogP contribution in [0.4, 0.5) is 0 Å². The molecule has 1 N–H and O–H groups in total. The lowest BCUT2D eigenvalue weighted by molar-refractivity contribution is 0.0306. The van der Waals surface area contributed by atoms with Crippen LogP contribution in [0.25, 0.3) is 4.85 Å². The van der Waals surface area contributed by atoms with Crippen LogP contribution in [-0.2, 0) is 5.60 Å². The van der Waals surface area contributed by atoms with Gasteiger partial charge in [0, 0.05) is 16.9 Å². The molecule has 2 aliphatic rings. The Morgan fingerprint density at radius 3 is 2.62 bits per heavy atom. The summed E-state index contributed by atoms with van der Waals surface area (Å²) >= 11 is 5.93. The molecular weight excluding hydrogens is 222 g/mol. The van der Waals surface area contributed by atoms with E-state index in [0.29, 0.717) is 29.7 Å². The number of hydrogen-bond donors (Lipinski definition) is 1. The predicted octanol–water partition coefficient (Wildman–Crippen LogP) is 2.86. The largest absolute Gasteiger partial charge is 0.385 e. The van der Waals surface area contributed by atoms with Crippen LogP contribution in [0.2, 0.25) is 5.02 Å². The molecule has 1 aromatic carbocycles. The number of aliphatic hydroxyl groups is 1. The molecule has 0 saturated heterocycles. The van der Waals surface area contributed by atoms with E-state index in [4.69, 9.17) is 18.2 Å². The van der Waals surface area contributed by atoms with E-state index in [-0.39, 0.29) is 6.04 Å². The molecule has 2 aliphatic carbocycles. The van der Waals surface area contributed by atoms with Crippen molar-refractivity contribution in [2.24, 2.45) is 11.8 Å². The molecule has 82 valence electrons. The van der Waals surface area contributed by atoms with Gasteiger partial charge in [-0.2, -0.15) is 0 Å². The van der Waals surface area contributed by atoms with Gasteiger partial charge >= 0.3 is 0 Å². The first-order valence-electron chi connectivity index (χ1n) is 5.49. The van der Waals surface area contributed by atoms with E-state index in [1.807, 2.05) is 24.3 Å². The molecule has 0 aromatic heterocycles. The molecule has 2 nitrogen and oxygen atoms in total. The van der Waals surface area contributed by atoms with Crippen molar-refractivity contribution in [1.29, 1.82) is 0 Å². The first-order chi connectivity index (χ1) is 7.64. The first-order valence-corrected chi connectivity index (χ1v) is 5.87. The maximum Gasteiger partial charge on any atom is 0.230 e. The zero-order valence-electron chi connectivity index (χ0n) is 8.73. The van der Waals surface area contributed by atoms with Gasteiger partial charge in [-0.15, -0.1) is 0 Å². The summed E-state index contributed by atoms with van der Waals surface area (Å²) in [6, 6.07) is 7.60. The van der Waals surface area contributed by atoms with Crippen LogP contribution >= 0.6 is 11.6 Å². The average Bonchev–Trinajstić information content (AvgIpc) is 2.76. The van der Waals surface area contributed by atoms with Crippen LogP contribution in [0, 0.1) is 18.4 Å². The second-order valence-electron chi connectivity index (χ2n) is 4.90. The van der Waals surface area contributed by atoms with Crippen LogP contribution < -0.4 is 0 Å². The number of hydrogen-bond acceptors (Lipinski definition) is 1. The van der Waals surface area contributed by atoms with Crippen LogP contribution in [0.3, 0.4) is 0 Å². The molecule has 2 fully saturated rings. The molecule has 0 bridgehead atoms. The molecule has 3 rings (SSSR count). The Morgan fingerprint density at radius 2 is 2.06 bits per heavy atom. The van der Waals surface area contributed by atoms with Gasteiger partial charge in [-0.3, -0.25) is 0 Å².